The topological polar surface area (TPSA) is 69.6 Å². The molecule has 0 aromatic rings. The van der Waals surface area contributed by atoms with Crippen LogP contribution in [0.25, 0.3) is 0 Å². The minimum absolute atomic E-state index is 0.233. The Labute approximate surface area is 119 Å². The quantitative estimate of drug-likeness (QED) is 0.734. The van der Waals surface area contributed by atoms with Crippen LogP contribution in [-0.2, 0) is 4.79 Å². The third-order valence-corrected chi connectivity index (χ3v) is 4.33. The molecule has 19 heavy (non-hydrogen) atoms. The van der Waals surface area contributed by atoms with Crippen LogP contribution in [0.5, 0.6) is 0 Å². The molecule has 1 fully saturated rings. The van der Waals surface area contributed by atoms with Crippen LogP contribution in [0.4, 0.5) is 4.79 Å². The fraction of sp³-hybridized carbons (Fsp3) is 0.846. The third-order valence-electron chi connectivity index (χ3n) is 3.64. The molecule has 2 N–H and O–H groups in total. The number of aliphatic carboxylic acids is 1. The highest BCUT2D eigenvalue weighted by atomic mass is 32.2. The van der Waals surface area contributed by atoms with Gasteiger partial charge in [-0.05, 0) is 37.2 Å². The van der Waals surface area contributed by atoms with Gasteiger partial charge in [-0.1, -0.05) is 13.3 Å². The number of piperidine rings is 1. The van der Waals surface area contributed by atoms with E-state index in [0.29, 0.717) is 25.4 Å². The number of nitrogens with zero attached hydrogens (tertiary/aromatic N) is 1. The van der Waals surface area contributed by atoms with Crippen molar-refractivity contribution >= 4 is 23.8 Å². The van der Waals surface area contributed by atoms with Gasteiger partial charge in [0, 0.05) is 13.1 Å². The Morgan fingerprint density at radius 1 is 1.47 bits per heavy atom. The summed E-state index contributed by atoms with van der Waals surface area (Å²) in [6, 6.07) is -0.901. The van der Waals surface area contributed by atoms with E-state index in [-0.39, 0.29) is 6.03 Å². The van der Waals surface area contributed by atoms with Gasteiger partial charge in [0.25, 0.3) is 0 Å². The van der Waals surface area contributed by atoms with Crippen molar-refractivity contribution < 1.29 is 14.7 Å². The molecule has 2 amide bonds. The summed E-state index contributed by atoms with van der Waals surface area (Å²) < 4.78 is 0. The normalized spacial score (nSPS) is 23.2. The summed E-state index contributed by atoms with van der Waals surface area (Å²) in [7, 11) is 0. The molecule has 0 aromatic heterocycles. The molecule has 1 rings (SSSR count). The van der Waals surface area contributed by atoms with Gasteiger partial charge in [-0.25, -0.2) is 9.59 Å². The number of carbonyl (C=O) groups excluding carboxylic acids is 1. The number of amides is 2. The molecule has 2 atom stereocenters. The highest BCUT2D eigenvalue weighted by Crippen LogP contribution is 2.25. The van der Waals surface area contributed by atoms with Crippen molar-refractivity contribution in [3.05, 3.63) is 0 Å². The van der Waals surface area contributed by atoms with Crippen molar-refractivity contribution in [2.75, 3.05) is 25.1 Å². The van der Waals surface area contributed by atoms with Crippen molar-refractivity contribution in [3.8, 4) is 0 Å². The molecule has 0 radical (unpaired) electrons. The number of likely N-dealkylation sites (tertiary alicyclic amines) is 1. The van der Waals surface area contributed by atoms with Crippen molar-refractivity contribution in [1.29, 1.82) is 0 Å². The van der Waals surface area contributed by atoms with Crippen LogP contribution < -0.4 is 5.32 Å². The van der Waals surface area contributed by atoms with Gasteiger partial charge in [0.1, 0.15) is 6.04 Å². The second-order valence-corrected chi connectivity index (χ2v) is 5.91. The summed E-state index contributed by atoms with van der Waals surface area (Å²) in [4.78, 5) is 24.8. The lowest BCUT2D eigenvalue weighted by atomic mass is 9.89. The van der Waals surface area contributed by atoms with Crippen LogP contribution in [0.3, 0.4) is 0 Å². The minimum atomic E-state index is -0.891. The fourth-order valence-electron chi connectivity index (χ4n) is 2.40. The molecule has 1 aliphatic rings. The lowest BCUT2D eigenvalue weighted by molar-refractivity contribution is -0.144. The zero-order valence-corrected chi connectivity index (χ0v) is 12.5. The van der Waals surface area contributed by atoms with Crippen LogP contribution in [0.2, 0.25) is 0 Å². The Hall–Kier alpha value is -0.910. The Kier molecular flexibility index (Phi) is 7.05. The highest BCUT2D eigenvalue weighted by Gasteiger charge is 2.35. The molecule has 110 valence electrons. The van der Waals surface area contributed by atoms with Crippen LogP contribution in [0, 0.1) is 5.92 Å². The zero-order chi connectivity index (χ0) is 14.3. The van der Waals surface area contributed by atoms with Crippen molar-refractivity contribution in [2.45, 2.75) is 38.6 Å². The number of rotatable bonds is 6. The molecule has 0 saturated carbocycles. The highest BCUT2D eigenvalue weighted by molar-refractivity contribution is 7.98. The van der Waals surface area contributed by atoms with Gasteiger partial charge in [-0.3, -0.25) is 0 Å². The lowest BCUT2D eigenvalue weighted by Crippen LogP contribution is -2.53. The Balaban J connectivity index is 2.49. The van der Waals surface area contributed by atoms with E-state index in [9.17, 15) is 14.7 Å². The van der Waals surface area contributed by atoms with E-state index in [4.69, 9.17) is 0 Å². The first-order chi connectivity index (χ1) is 9.10. The third kappa shape index (κ3) is 4.93. The van der Waals surface area contributed by atoms with Crippen LogP contribution in [0.1, 0.15) is 32.6 Å². The molecule has 0 aliphatic carbocycles. The maximum atomic E-state index is 12.0. The van der Waals surface area contributed by atoms with Gasteiger partial charge < -0.3 is 15.3 Å². The minimum Gasteiger partial charge on any atom is -0.480 e. The molecular weight excluding hydrogens is 264 g/mol. The second-order valence-electron chi connectivity index (χ2n) is 4.92. The van der Waals surface area contributed by atoms with E-state index in [1.807, 2.05) is 6.26 Å². The predicted molar refractivity (Wildman–Crippen MR) is 77.5 cm³/mol. The summed E-state index contributed by atoms with van der Waals surface area (Å²) in [5.74, 6) is 0.527. The van der Waals surface area contributed by atoms with Crippen molar-refractivity contribution in [2.24, 2.45) is 5.92 Å². The maximum Gasteiger partial charge on any atom is 0.326 e. The van der Waals surface area contributed by atoms with E-state index in [0.717, 1.165) is 25.0 Å². The van der Waals surface area contributed by atoms with Gasteiger partial charge in [0.15, 0.2) is 0 Å². The number of carbonyl (C=O) groups is 2. The number of hydrogen-bond donors (Lipinski definition) is 2. The van der Waals surface area contributed by atoms with E-state index < -0.39 is 12.0 Å². The molecule has 1 aliphatic heterocycles. The first-order valence-electron chi connectivity index (χ1n) is 6.86. The predicted octanol–water partition coefficient (Wildman–Crippen LogP) is 2.02. The van der Waals surface area contributed by atoms with Crippen LogP contribution >= 0.6 is 11.8 Å². The second kappa shape index (κ2) is 8.30. The molecule has 1 saturated heterocycles. The average Bonchev–Trinajstić information content (AvgIpc) is 2.42. The summed E-state index contributed by atoms with van der Waals surface area (Å²) in [5, 5.41) is 12.1. The van der Waals surface area contributed by atoms with Gasteiger partial charge in [0.2, 0.25) is 0 Å². The van der Waals surface area contributed by atoms with E-state index in [1.165, 1.54) is 4.90 Å². The molecular formula is C13H24N2O3S. The zero-order valence-electron chi connectivity index (χ0n) is 11.7. The standard InChI is InChI=1S/C13H24N2O3S/c1-3-10-5-7-15(11(9-10)12(16)17)13(18)14-6-4-8-19-2/h10-11H,3-9H2,1-2H3,(H,14,18)(H,16,17). The Morgan fingerprint density at radius 2 is 2.21 bits per heavy atom. The first kappa shape index (κ1) is 16.1. The lowest BCUT2D eigenvalue weighted by Gasteiger charge is -2.36. The van der Waals surface area contributed by atoms with E-state index in [2.05, 4.69) is 12.2 Å². The number of nitrogens with one attached hydrogen (secondary N) is 1. The Bertz CT molecular complexity index is 312. The van der Waals surface area contributed by atoms with Gasteiger partial charge in [-0.2, -0.15) is 11.8 Å². The molecule has 1 heterocycles. The molecule has 0 bridgehead atoms. The van der Waals surface area contributed by atoms with Crippen LogP contribution in [0.15, 0.2) is 0 Å². The van der Waals surface area contributed by atoms with Gasteiger partial charge in [-0.15, -0.1) is 0 Å². The summed E-state index contributed by atoms with van der Waals surface area (Å²) in [5.41, 5.74) is 0. The van der Waals surface area contributed by atoms with Gasteiger partial charge in [0.05, 0.1) is 0 Å². The number of hydrogen-bond acceptors (Lipinski definition) is 3. The average molecular weight is 288 g/mol. The summed E-state index contributed by atoms with van der Waals surface area (Å²) in [6.07, 6.45) is 5.39. The SMILES string of the molecule is CCC1CCN(C(=O)NCCCSC)C(C(=O)O)C1. The Morgan fingerprint density at radius 3 is 2.79 bits per heavy atom. The van der Waals surface area contributed by atoms with Crippen molar-refractivity contribution in [1.82, 2.24) is 10.2 Å². The summed E-state index contributed by atoms with van der Waals surface area (Å²) >= 11 is 1.74. The molecule has 6 heteroatoms. The van der Waals surface area contributed by atoms with Crippen molar-refractivity contribution in [3.63, 3.8) is 0 Å². The monoisotopic (exact) mass is 288 g/mol. The smallest absolute Gasteiger partial charge is 0.326 e. The largest absolute Gasteiger partial charge is 0.480 e. The van der Waals surface area contributed by atoms with E-state index >= 15 is 0 Å². The number of urea groups is 1. The number of thioether (sulfide) groups is 1. The first-order valence-corrected chi connectivity index (χ1v) is 8.25. The van der Waals surface area contributed by atoms with E-state index in [1.54, 1.807) is 11.8 Å². The van der Waals surface area contributed by atoms with Crippen LogP contribution in [-0.4, -0.2) is 53.1 Å². The molecule has 0 spiro atoms. The molecule has 2 unspecified atom stereocenters. The van der Waals surface area contributed by atoms with Gasteiger partial charge >= 0.3 is 12.0 Å². The summed E-state index contributed by atoms with van der Waals surface area (Å²) in [6.45, 7) is 3.23. The molecule has 0 aromatic carbocycles. The molecule has 5 nitrogen and oxygen atoms in total. The maximum absolute atomic E-state index is 12.0. The fourth-order valence-corrected chi connectivity index (χ4v) is 2.83. The number of carboxylic acid groups (broad SMARTS) is 1. The number of carboxylic acids is 1.